The molecule has 0 saturated heterocycles. The standard InChI is InChI=1S/C15H25NO2S/c1-4-5-6-9-19-11-14(16)13-10-12(17-2)7-8-15(13)18-3/h7-8,10,14H,4-6,9,11,16H2,1-3H3. The summed E-state index contributed by atoms with van der Waals surface area (Å²) in [6.07, 6.45) is 3.82. The van der Waals surface area contributed by atoms with Crippen LogP contribution in [0.25, 0.3) is 0 Å². The van der Waals surface area contributed by atoms with E-state index in [4.69, 9.17) is 15.2 Å². The summed E-state index contributed by atoms with van der Waals surface area (Å²) in [5.74, 6) is 3.74. The molecule has 0 saturated carbocycles. The molecule has 0 radical (unpaired) electrons. The molecule has 2 N–H and O–H groups in total. The molecule has 1 unspecified atom stereocenters. The Kier molecular flexibility index (Phi) is 7.75. The fourth-order valence-electron chi connectivity index (χ4n) is 1.88. The summed E-state index contributed by atoms with van der Waals surface area (Å²) >= 11 is 1.91. The lowest BCUT2D eigenvalue weighted by Gasteiger charge is -2.16. The molecule has 19 heavy (non-hydrogen) atoms. The van der Waals surface area contributed by atoms with Crippen molar-refractivity contribution in [3.05, 3.63) is 23.8 Å². The smallest absolute Gasteiger partial charge is 0.123 e. The zero-order chi connectivity index (χ0) is 14.1. The van der Waals surface area contributed by atoms with Gasteiger partial charge in [0.15, 0.2) is 0 Å². The van der Waals surface area contributed by atoms with Crippen molar-refractivity contribution in [3.63, 3.8) is 0 Å². The van der Waals surface area contributed by atoms with Gasteiger partial charge in [-0.25, -0.2) is 0 Å². The zero-order valence-corrected chi connectivity index (χ0v) is 13.0. The molecule has 1 atom stereocenters. The van der Waals surface area contributed by atoms with Gasteiger partial charge in [0.2, 0.25) is 0 Å². The predicted molar refractivity (Wildman–Crippen MR) is 83.3 cm³/mol. The van der Waals surface area contributed by atoms with Crippen molar-refractivity contribution in [1.29, 1.82) is 0 Å². The minimum atomic E-state index is -0.0170. The molecule has 0 aliphatic rings. The molecule has 108 valence electrons. The van der Waals surface area contributed by atoms with Gasteiger partial charge in [0, 0.05) is 17.4 Å². The third-order valence-corrected chi connectivity index (χ3v) is 4.20. The summed E-state index contributed by atoms with van der Waals surface area (Å²) in [5, 5.41) is 0. The molecule has 3 nitrogen and oxygen atoms in total. The number of benzene rings is 1. The number of nitrogens with two attached hydrogens (primary N) is 1. The number of ether oxygens (including phenoxy) is 2. The largest absolute Gasteiger partial charge is 0.497 e. The first-order valence-electron chi connectivity index (χ1n) is 6.78. The molecule has 0 amide bonds. The highest BCUT2D eigenvalue weighted by molar-refractivity contribution is 7.99. The maximum absolute atomic E-state index is 6.25. The fraction of sp³-hybridized carbons (Fsp3) is 0.600. The molecule has 1 aromatic rings. The summed E-state index contributed by atoms with van der Waals surface area (Å²) in [6, 6.07) is 5.76. The number of unbranched alkanes of at least 4 members (excludes halogenated alkanes) is 2. The highest BCUT2D eigenvalue weighted by Gasteiger charge is 2.13. The minimum Gasteiger partial charge on any atom is -0.497 e. The molecule has 1 aromatic carbocycles. The van der Waals surface area contributed by atoms with Gasteiger partial charge in [-0.2, -0.15) is 11.8 Å². The Bertz CT molecular complexity index is 371. The molecule has 0 aliphatic carbocycles. The molecule has 4 heteroatoms. The summed E-state index contributed by atoms with van der Waals surface area (Å²) in [7, 11) is 3.34. The van der Waals surface area contributed by atoms with Crippen LogP contribution in [0, 0.1) is 0 Å². The first kappa shape index (κ1) is 16.2. The Morgan fingerprint density at radius 1 is 1.21 bits per heavy atom. The number of hydrogen-bond acceptors (Lipinski definition) is 4. The Labute approximate surface area is 120 Å². The van der Waals surface area contributed by atoms with Crippen molar-refractivity contribution in [2.24, 2.45) is 5.73 Å². The normalized spacial score (nSPS) is 12.2. The van der Waals surface area contributed by atoms with Gasteiger partial charge >= 0.3 is 0 Å². The van der Waals surface area contributed by atoms with Crippen molar-refractivity contribution in [3.8, 4) is 11.5 Å². The number of thioether (sulfide) groups is 1. The Hall–Kier alpha value is -0.870. The molecular weight excluding hydrogens is 258 g/mol. The van der Waals surface area contributed by atoms with E-state index in [0.29, 0.717) is 0 Å². The molecule has 0 aromatic heterocycles. The quantitative estimate of drug-likeness (QED) is 0.703. The van der Waals surface area contributed by atoms with Crippen molar-refractivity contribution >= 4 is 11.8 Å². The molecule has 0 spiro atoms. The highest BCUT2D eigenvalue weighted by Crippen LogP contribution is 2.30. The molecule has 0 fully saturated rings. The van der Waals surface area contributed by atoms with Crippen LogP contribution in [-0.2, 0) is 0 Å². The van der Waals surface area contributed by atoms with Gasteiger partial charge in [-0.3, -0.25) is 0 Å². The topological polar surface area (TPSA) is 44.5 Å². The van der Waals surface area contributed by atoms with Gasteiger partial charge in [0.1, 0.15) is 11.5 Å². The molecule has 0 bridgehead atoms. The van der Waals surface area contributed by atoms with E-state index >= 15 is 0 Å². The third-order valence-electron chi connectivity index (χ3n) is 3.03. The van der Waals surface area contributed by atoms with Crippen LogP contribution in [0.3, 0.4) is 0 Å². The second-order valence-corrected chi connectivity index (χ2v) is 5.65. The van der Waals surface area contributed by atoms with Crippen LogP contribution in [0.15, 0.2) is 18.2 Å². The second kappa shape index (κ2) is 9.10. The fourth-order valence-corrected chi connectivity index (χ4v) is 2.89. The van der Waals surface area contributed by atoms with E-state index in [9.17, 15) is 0 Å². The molecule has 1 rings (SSSR count). The van der Waals surface area contributed by atoms with Crippen molar-refractivity contribution in [2.75, 3.05) is 25.7 Å². The Morgan fingerprint density at radius 2 is 2.00 bits per heavy atom. The van der Waals surface area contributed by atoms with Crippen molar-refractivity contribution in [2.45, 2.75) is 32.2 Å². The average Bonchev–Trinajstić information content (AvgIpc) is 2.46. The van der Waals surface area contributed by atoms with Gasteiger partial charge in [-0.1, -0.05) is 19.8 Å². The van der Waals surface area contributed by atoms with E-state index in [-0.39, 0.29) is 6.04 Å². The van der Waals surface area contributed by atoms with Gasteiger partial charge in [-0.15, -0.1) is 0 Å². The zero-order valence-electron chi connectivity index (χ0n) is 12.1. The van der Waals surface area contributed by atoms with E-state index in [1.807, 2.05) is 30.0 Å². The van der Waals surface area contributed by atoms with E-state index in [2.05, 4.69) is 6.92 Å². The Morgan fingerprint density at radius 3 is 2.63 bits per heavy atom. The number of methoxy groups -OCH3 is 2. The monoisotopic (exact) mass is 283 g/mol. The summed E-state index contributed by atoms with van der Waals surface area (Å²) < 4.78 is 10.6. The van der Waals surface area contributed by atoms with Gasteiger partial charge in [0.25, 0.3) is 0 Å². The number of hydrogen-bond donors (Lipinski definition) is 1. The summed E-state index contributed by atoms with van der Waals surface area (Å²) in [4.78, 5) is 0. The average molecular weight is 283 g/mol. The SMILES string of the molecule is CCCCCSCC(N)c1cc(OC)ccc1OC. The molecule has 0 aliphatic heterocycles. The maximum atomic E-state index is 6.25. The molecular formula is C15H25NO2S. The summed E-state index contributed by atoms with van der Waals surface area (Å²) in [5.41, 5.74) is 7.27. The molecule has 0 heterocycles. The van der Waals surface area contributed by atoms with Gasteiger partial charge in [-0.05, 0) is 30.4 Å². The number of rotatable bonds is 9. The van der Waals surface area contributed by atoms with Crippen LogP contribution < -0.4 is 15.2 Å². The van der Waals surface area contributed by atoms with Gasteiger partial charge < -0.3 is 15.2 Å². The van der Waals surface area contributed by atoms with E-state index < -0.39 is 0 Å². The van der Waals surface area contributed by atoms with Crippen LogP contribution in [0.2, 0.25) is 0 Å². The lowest BCUT2D eigenvalue weighted by molar-refractivity contribution is 0.396. The van der Waals surface area contributed by atoms with Crippen molar-refractivity contribution < 1.29 is 9.47 Å². The summed E-state index contributed by atoms with van der Waals surface area (Å²) in [6.45, 7) is 2.22. The van der Waals surface area contributed by atoms with Crippen LogP contribution in [0.1, 0.15) is 37.8 Å². The predicted octanol–water partition coefficient (Wildman–Crippen LogP) is 3.63. The van der Waals surface area contributed by atoms with Crippen LogP contribution in [0.5, 0.6) is 11.5 Å². The minimum absolute atomic E-state index is 0.0170. The van der Waals surface area contributed by atoms with Gasteiger partial charge in [0.05, 0.1) is 14.2 Å². The maximum Gasteiger partial charge on any atom is 0.123 e. The van der Waals surface area contributed by atoms with Crippen LogP contribution in [0.4, 0.5) is 0 Å². The van der Waals surface area contributed by atoms with E-state index in [0.717, 1.165) is 22.8 Å². The van der Waals surface area contributed by atoms with Crippen LogP contribution in [-0.4, -0.2) is 25.7 Å². The second-order valence-electron chi connectivity index (χ2n) is 4.50. The first-order valence-corrected chi connectivity index (χ1v) is 7.93. The van der Waals surface area contributed by atoms with E-state index in [1.165, 1.54) is 25.0 Å². The first-order chi connectivity index (χ1) is 9.22. The lowest BCUT2D eigenvalue weighted by atomic mass is 10.1. The highest BCUT2D eigenvalue weighted by atomic mass is 32.2. The van der Waals surface area contributed by atoms with Crippen molar-refractivity contribution in [1.82, 2.24) is 0 Å². The third kappa shape index (κ3) is 5.33. The lowest BCUT2D eigenvalue weighted by Crippen LogP contribution is -2.14. The van der Waals surface area contributed by atoms with E-state index in [1.54, 1.807) is 14.2 Å². The Balaban J connectivity index is 2.56. The van der Waals surface area contributed by atoms with Crippen LogP contribution >= 0.6 is 11.8 Å².